The molecule has 0 unspecified atom stereocenters. The summed E-state index contributed by atoms with van der Waals surface area (Å²) in [5.74, 6) is 0.972. The third-order valence-corrected chi connectivity index (χ3v) is 4.42. The fourth-order valence-electron chi connectivity index (χ4n) is 2.48. The number of aromatic nitrogens is 4. The number of aryl methyl sites for hydroxylation is 1. The molecule has 3 aromatic heterocycles. The van der Waals surface area contributed by atoms with Gasteiger partial charge in [-0.25, -0.2) is 4.79 Å². The standard InChI is InChI=1S/C15H12N4O2S/c1-18-10-5-2-3-6-11(10)19(15(18)20)9-13-16-14(17-21-13)12-7-4-8-22-12/h2-8H,9H2,1H3. The minimum atomic E-state index is -0.0999. The van der Waals surface area contributed by atoms with Gasteiger partial charge in [0.05, 0.1) is 15.9 Å². The molecule has 0 N–H and O–H groups in total. The maximum atomic E-state index is 12.4. The number of para-hydroxylation sites is 2. The van der Waals surface area contributed by atoms with Crippen molar-refractivity contribution in [2.24, 2.45) is 7.05 Å². The molecule has 6 nitrogen and oxygen atoms in total. The quantitative estimate of drug-likeness (QED) is 0.583. The Morgan fingerprint density at radius 2 is 2.00 bits per heavy atom. The van der Waals surface area contributed by atoms with E-state index in [1.54, 1.807) is 27.5 Å². The highest BCUT2D eigenvalue weighted by molar-refractivity contribution is 7.13. The Labute approximate surface area is 129 Å². The van der Waals surface area contributed by atoms with Crippen molar-refractivity contribution in [1.29, 1.82) is 0 Å². The third-order valence-electron chi connectivity index (χ3n) is 3.55. The summed E-state index contributed by atoms with van der Waals surface area (Å²) in [7, 11) is 1.76. The molecule has 0 spiro atoms. The molecule has 4 aromatic rings. The van der Waals surface area contributed by atoms with Crippen molar-refractivity contribution < 1.29 is 4.52 Å². The van der Waals surface area contributed by atoms with Gasteiger partial charge in [0.1, 0.15) is 6.54 Å². The first kappa shape index (κ1) is 13.0. The van der Waals surface area contributed by atoms with Crippen molar-refractivity contribution in [3.63, 3.8) is 0 Å². The molecular weight excluding hydrogens is 300 g/mol. The van der Waals surface area contributed by atoms with E-state index in [9.17, 15) is 4.79 Å². The lowest BCUT2D eigenvalue weighted by Gasteiger charge is -1.97. The Morgan fingerprint density at radius 1 is 1.18 bits per heavy atom. The van der Waals surface area contributed by atoms with Crippen molar-refractivity contribution in [1.82, 2.24) is 19.3 Å². The molecule has 110 valence electrons. The fourth-order valence-corrected chi connectivity index (χ4v) is 3.13. The Bertz CT molecular complexity index is 994. The van der Waals surface area contributed by atoms with Crippen LogP contribution in [0.1, 0.15) is 5.89 Å². The van der Waals surface area contributed by atoms with Gasteiger partial charge in [-0.3, -0.25) is 9.13 Å². The van der Waals surface area contributed by atoms with Gasteiger partial charge in [-0.1, -0.05) is 23.4 Å². The monoisotopic (exact) mass is 312 g/mol. The van der Waals surface area contributed by atoms with Crippen LogP contribution in [0, 0.1) is 0 Å². The summed E-state index contributed by atoms with van der Waals surface area (Å²) in [5, 5.41) is 5.93. The molecule has 0 radical (unpaired) electrons. The van der Waals surface area contributed by atoms with Crippen LogP contribution in [-0.2, 0) is 13.6 Å². The maximum absolute atomic E-state index is 12.4. The van der Waals surface area contributed by atoms with Gasteiger partial charge in [-0.15, -0.1) is 11.3 Å². The minimum absolute atomic E-state index is 0.0999. The number of hydrogen-bond donors (Lipinski definition) is 0. The number of imidazole rings is 1. The van der Waals surface area contributed by atoms with E-state index in [4.69, 9.17) is 4.52 Å². The molecule has 0 fully saturated rings. The SMILES string of the molecule is Cn1c(=O)n(Cc2nc(-c3cccs3)no2)c2ccccc21. The van der Waals surface area contributed by atoms with E-state index in [2.05, 4.69) is 10.1 Å². The topological polar surface area (TPSA) is 65.8 Å². The largest absolute Gasteiger partial charge is 0.337 e. The van der Waals surface area contributed by atoms with Crippen LogP contribution in [0.2, 0.25) is 0 Å². The molecule has 0 saturated carbocycles. The first-order valence-electron chi connectivity index (χ1n) is 6.75. The molecule has 1 aromatic carbocycles. The first-order valence-corrected chi connectivity index (χ1v) is 7.63. The second-order valence-corrected chi connectivity index (χ2v) is 5.85. The molecule has 3 heterocycles. The van der Waals surface area contributed by atoms with Gasteiger partial charge in [0.2, 0.25) is 11.7 Å². The van der Waals surface area contributed by atoms with Gasteiger partial charge in [0.25, 0.3) is 0 Å². The van der Waals surface area contributed by atoms with E-state index in [1.165, 1.54) is 0 Å². The fraction of sp³-hybridized carbons (Fsp3) is 0.133. The summed E-state index contributed by atoms with van der Waals surface area (Å²) < 4.78 is 8.54. The zero-order valence-electron chi connectivity index (χ0n) is 11.8. The molecule has 0 saturated heterocycles. The molecular formula is C15H12N4O2S. The lowest BCUT2D eigenvalue weighted by Crippen LogP contribution is -2.22. The van der Waals surface area contributed by atoms with Crippen LogP contribution in [0.3, 0.4) is 0 Å². The van der Waals surface area contributed by atoms with Crippen molar-refractivity contribution in [3.8, 4) is 10.7 Å². The highest BCUT2D eigenvalue weighted by Crippen LogP contribution is 2.21. The number of hydrogen-bond acceptors (Lipinski definition) is 5. The smallest absolute Gasteiger partial charge is 0.329 e. The van der Waals surface area contributed by atoms with Crippen LogP contribution in [0.4, 0.5) is 0 Å². The van der Waals surface area contributed by atoms with E-state index in [0.29, 0.717) is 11.7 Å². The lowest BCUT2D eigenvalue weighted by molar-refractivity contribution is 0.371. The predicted octanol–water partition coefficient (Wildman–Crippen LogP) is 2.50. The number of thiophene rings is 1. The second-order valence-electron chi connectivity index (χ2n) is 4.91. The predicted molar refractivity (Wildman–Crippen MR) is 83.9 cm³/mol. The van der Waals surface area contributed by atoms with Gasteiger partial charge >= 0.3 is 5.69 Å². The average molecular weight is 312 g/mol. The molecule has 0 aliphatic rings. The average Bonchev–Trinajstić information content (AvgIpc) is 3.25. The highest BCUT2D eigenvalue weighted by atomic mass is 32.1. The van der Waals surface area contributed by atoms with Crippen molar-refractivity contribution in [2.45, 2.75) is 6.54 Å². The molecule has 0 amide bonds. The van der Waals surface area contributed by atoms with Crippen molar-refractivity contribution in [2.75, 3.05) is 0 Å². The van der Waals surface area contributed by atoms with Gasteiger partial charge < -0.3 is 4.52 Å². The summed E-state index contributed by atoms with van der Waals surface area (Å²) in [6.07, 6.45) is 0. The summed E-state index contributed by atoms with van der Waals surface area (Å²) in [6.45, 7) is 0.262. The summed E-state index contributed by atoms with van der Waals surface area (Å²) in [4.78, 5) is 17.7. The van der Waals surface area contributed by atoms with Gasteiger partial charge in [0.15, 0.2) is 0 Å². The van der Waals surface area contributed by atoms with Crippen LogP contribution < -0.4 is 5.69 Å². The van der Waals surface area contributed by atoms with Crippen LogP contribution in [0.25, 0.3) is 21.7 Å². The molecule has 22 heavy (non-hydrogen) atoms. The molecule has 0 atom stereocenters. The zero-order valence-corrected chi connectivity index (χ0v) is 12.6. The Kier molecular flexibility index (Phi) is 2.93. The number of benzene rings is 1. The molecule has 0 aliphatic carbocycles. The normalized spacial score (nSPS) is 11.3. The molecule has 7 heteroatoms. The van der Waals surface area contributed by atoms with Crippen LogP contribution in [0.5, 0.6) is 0 Å². The Morgan fingerprint density at radius 3 is 2.77 bits per heavy atom. The van der Waals surface area contributed by atoms with E-state index in [1.807, 2.05) is 41.8 Å². The molecule has 0 aliphatic heterocycles. The zero-order chi connectivity index (χ0) is 15.1. The lowest BCUT2D eigenvalue weighted by atomic mass is 10.3. The molecule has 4 rings (SSSR count). The van der Waals surface area contributed by atoms with E-state index in [0.717, 1.165) is 15.9 Å². The maximum Gasteiger partial charge on any atom is 0.329 e. The minimum Gasteiger partial charge on any atom is -0.337 e. The summed E-state index contributed by atoms with van der Waals surface area (Å²) in [6, 6.07) is 11.5. The number of nitrogens with zero attached hydrogens (tertiary/aromatic N) is 4. The first-order chi connectivity index (χ1) is 10.7. The highest BCUT2D eigenvalue weighted by Gasteiger charge is 2.14. The van der Waals surface area contributed by atoms with Crippen LogP contribution >= 0.6 is 11.3 Å². The van der Waals surface area contributed by atoms with E-state index < -0.39 is 0 Å². The van der Waals surface area contributed by atoms with E-state index in [-0.39, 0.29) is 12.2 Å². The summed E-state index contributed by atoms with van der Waals surface area (Å²) >= 11 is 1.55. The third kappa shape index (κ3) is 1.98. The van der Waals surface area contributed by atoms with E-state index >= 15 is 0 Å². The van der Waals surface area contributed by atoms with Gasteiger partial charge in [-0.2, -0.15) is 4.98 Å². The van der Waals surface area contributed by atoms with Crippen molar-refractivity contribution in [3.05, 3.63) is 58.2 Å². The number of rotatable bonds is 3. The Balaban J connectivity index is 1.76. The van der Waals surface area contributed by atoms with Gasteiger partial charge in [0, 0.05) is 7.05 Å². The van der Waals surface area contributed by atoms with Crippen LogP contribution in [-0.4, -0.2) is 19.3 Å². The van der Waals surface area contributed by atoms with Crippen molar-refractivity contribution >= 4 is 22.4 Å². The summed E-state index contributed by atoms with van der Waals surface area (Å²) in [5.41, 5.74) is 1.63. The van der Waals surface area contributed by atoms with Crippen LogP contribution in [0.15, 0.2) is 51.1 Å². The number of fused-ring (bicyclic) bond motifs is 1. The second kappa shape index (κ2) is 4.96. The molecule has 0 bridgehead atoms. The Hall–Kier alpha value is -2.67. The van der Waals surface area contributed by atoms with Gasteiger partial charge in [-0.05, 0) is 23.6 Å².